The first-order chi connectivity index (χ1) is 8.66. The van der Waals surface area contributed by atoms with Gasteiger partial charge in [0.2, 0.25) is 0 Å². The lowest BCUT2D eigenvalue weighted by Gasteiger charge is -2.19. The summed E-state index contributed by atoms with van der Waals surface area (Å²) < 4.78 is 13.0. The zero-order chi connectivity index (χ0) is 13.0. The van der Waals surface area contributed by atoms with E-state index in [9.17, 15) is 4.39 Å². The monoisotopic (exact) mass is 242 g/mol. The fraction of sp³-hybridized carbons (Fsp3) is 0.133. The van der Waals surface area contributed by atoms with Gasteiger partial charge < -0.3 is 0 Å². The molecule has 0 fully saturated rings. The van der Waals surface area contributed by atoms with Crippen LogP contribution >= 0.6 is 0 Å². The molecule has 18 heavy (non-hydrogen) atoms. The van der Waals surface area contributed by atoms with E-state index >= 15 is 0 Å². The van der Waals surface area contributed by atoms with Gasteiger partial charge in [0.1, 0.15) is 5.82 Å². The maximum atomic E-state index is 13.0. The highest BCUT2D eigenvalue weighted by Crippen LogP contribution is 2.25. The number of nitrogens with zero attached hydrogens (tertiary/aromatic N) is 2. The lowest BCUT2D eigenvalue weighted by atomic mass is 10.2. The molecule has 0 aliphatic rings. The number of rotatable bonds is 3. The largest absolute Gasteiger partial charge is 0.234 e. The predicted octanol–water partition coefficient (Wildman–Crippen LogP) is 4.36. The van der Waals surface area contributed by atoms with Crippen LogP contribution in [0.25, 0.3) is 0 Å². The van der Waals surface area contributed by atoms with E-state index in [-0.39, 0.29) is 5.82 Å². The van der Waals surface area contributed by atoms with E-state index in [2.05, 4.69) is 5.10 Å². The third-order valence-corrected chi connectivity index (χ3v) is 2.37. The molecule has 0 radical (unpaired) electrons. The number of hydrogen-bond acceptors (Lipinski definition) is 2. The number of anilines is 2. The summed E-state index contributed by atoms with van der Waals surface area (Å²) in [6, 6.07) is 16.1. The second-order valence-corrected chi connectivity index (χ2v) is 4.17. The Hall–Kier alpha value is -2.16. The van der Waals surface area contributed by atoms with E-state index in [4.69, 9.17) is 0 Å². The number of benzene rings is 2. The summed E-state index contributed by atoms with van der Waals surface area (Å²) in [5.74, 6) is -0.246. The van der Waals surface area contributed by atoms with E-state index in [0.717, 1.165) is 17.1 Å². The number of halogens is 1. The lowest BCUT2D eigenvalue weighted by Crippen LogP contribution is -2.10. The van der Waals surface area contributed by atoms with E-state index < -0.39 is 0 Å². The maximum Gasteiger partial charge on any atom is 0.123 e. The molecule has 0 amide bonds. The average molecular weight is 242 g/mol. The van der Waals surface area contributed by atoms with Crippen LogP contribution in [0, 0.1) is 5.82 Å². The van der Waals surface area contributed by atoms with Crippen molar-refractivity contribution in [1.29, 1.82) is 0 Å². The van der Waals surface area contributed by atoms with Crippen molar-refractivity contribution in [2.24, 2.45) is 5.10 Å². The quantitative estimate of drug-likeness (QED) is 0.576. The Labute approximate surface area is 106 Å². The van der Waals surface area contributed by atoms with Gasteiger partial charge in [0.05, 0.1) is 11.4 Å². The summed E-state index contributed by atoms with van der Waals surface area (Å²) in [6.07, 6.45) is 0. The minimum Gasteiger partial charge on any atom is -0.234 e. The van der Waals surface area contributed by atoms with Crippen LogP contribution in [-0.2, 0) is 0 Å². The second kappa shape index (κ2) is 5.45. The maximum absolute atomic E-state index is 13.0. The second-order valence-electron chi connectivity index (χ2n) is 4.17. The van der Waals surface area contributed by atoms with Crippen molar-refractivity contribution in [1.82, 2.24) is 0 Å². The van der Waals surface area contributed by atoms with Gasteiger partial charge in [-0.3, -0.25) is 0 Å². The molecule has 92 valence electrons. The molecule has 0 bridgehead atoms. The standard InChI is InChI=1S/C15H15FN2/c1-12(2)17-18(14-6-4-3-5-7-14)15-10-8-13(16)9-11-15/h3-11H,1-2H3. The van der Waals surface area contributed by atoms with Crippen molar-refractivity contribution in [3.05, 3.63) is 60.4 Å². The topological polar surface area (TPSA) is 15.6 Å². The van der Waals surface area contributed by atoms with Crippen molar-refractivity contribution in [3.63, 3.8) is 0 Å². The van der Waals surface area contributed by atoms with E-state index in [1.807, 2.05) is 44.2 Å². The normalized spacial score (nSPS) is 9.94. The molecule has 0 heterocycles. The smallest absolute Gasteiger partial charge is 0.123 e. The van der Waals surface area contributed by atoms with Crippen molar-refractivity contribution >= 4 is 17.1 Å². The van der Waals surface area contributed by atoms with Gasteiger partial charge in [0, 0.05) is 5.71 Å². The molecule has 0 spiro atoms. The summed E-state index contributed by atoms with van der Waals surface area (Å²) in [5, 5.41) is 6.27. The molecule has 0 atom stereocenters. The first-order valence-electron chi connectivity index (χ1n) is 5.79. The van der Waals surface area contributed by atoms with Gasteiger partial charge in [-0.25, -0.2) is 9.40 Å². The fourth-order valence-corrected chi connectivity index (χ4v) is 1.62. The third kappa shape index (κ3) is 2.94. The highest BCUT2D eigenvalue weighted by Gasteiger charge is 2.07. The summed E-state index contributed by atoms with van der Waals surface area (Å²) in [7, 11) is 0. The Morgan fingerprint density at radius 3 is 2.00 bits per heavy atom. The Morgan fingerprint density at radius 1 is 0.889 bits per heavy atom. The molecule has 0 N–H and O–H groups in total. The third-order valence-electron chi connectivity index (χ3n) is 2.37. The first-order valence-corrected chi connectivity index (χ1v) is 5.79. The molecule has 2 nitrogen and oxygen atoms in total. The van der Waals surface area contributed by atoms with E-state index in [1.54, 1.807) is 17.1 Å². The summed E-state index contributed by atoms with van der Waals surface area (Å²) >= 11 is 0. The molecule has 0 saturated carbocycles. The molecule has 3 heteroatoms. The molecule has 2 rings (SSSR count). The van der Waals surface area contributed by atoms with Gasteiger partial charge in [-0.05, 0) is 50.2 Å². The van der Waals surface area contributed by atoms with Gasteiger partial charge in [-0.1, -0.05) is 18.2 Å². The zero-order valence-electron chi connectivity index (χ0n) is 10.5. The van der Waals surface area contributed by atoms with Crippen molar-refractivity contribution < 1.29 is 4.39 Å². The van der Waals surface area contributed by atoms with Crippen LogP contribution in [0.15, 0.2) is 59.7 Å². The highest BCUT2D eigenvalue weighted by atomic mass is 19.1. The first kappa shape index (κ1) is 12.3. The number of para-hydroxylation sites is 1. The molecule has 0 aliphatic carbocycles. The van der Waals surface area contributed by atoms with Crippen LogP contribution in [0.1, 0.15) is 13.8 Å². The SMILES string of the molecule is CC(C)=NN(c1ccccc1)c1ccc(F)cc1. The van der Waals surface area contributed by atoms with E-state index in [0.29, 0.717) is 0 Å². The fourth-order valence-electron chi connectivity index (χ4n) is 1.62. The van der Waals surface area contributed by atoms with Crippen LogP contribution in [0.4, 0.5) is 15.8 Å². The molecule has 0 unspecified atom stereocenters. The van der Waals surface area contributed by atoms with Crippen molar-refractivity contribution in [3.8, 4) is 0 Å². The molecule has 2 aromatic rings. The van der Waals surface area contributed by atoms with Crippen LogP contribution < -0.4 is 5.01 Å². The van der Waals surface area contributed by atoms with Gasteiger partial charge in [0.25, 0.3) is 0 Å². The summed E-state index contributed by atoms with van der Waals surface area (Å²) in [5.41, 5.74) is 2.72. The highest BCUT2D eigenvalue weighted by molar-refractivity contribution is 5.81. The lowest BCUT2D eigenvalue weighted by molar-refractivity contribution is 0.628. The van der Waals surface area contributed by atoms with Crippen LogP contribution in [0.3, 0.4) is 0 Å². The van der Waals surface area contributed by atoms with Gasteiger partial charge >= 0.3 is 0 Å². The Bertz CT molecular complexity index is 528. The zero-order valence-corrected chi connectivity index (χ0v) is 10.5. The summed E-state index contributed by atoms with van der Waals surface area (Å²) in [4.78, 5) is 0. The minimum atomic E-state index is -0.246. The number of hydrogen-bond donors (Lipinski definition) is 0. The van der Waals surface area contributed by atoms with Crippen LogP contribution in [-0.4, -0.2) is 5.71 Å². The van der Waals surface area contributed by atoms with Crippen LogP contribution in [0.2, 0.25) is 0 Å². The summed E-state index contributed by atoms with van der Waals surface area (Å²) in [6.45, 7) is 3.86. The molecule has 0 saturated heterocycles. The Balaban J connectivity index is 2.43. The molecule has 0 aliphatic heterocycles. The van der Waals surface area contributed by atoms with Crippen LogP contribution in [0.5, 0.6) is 0 Å². The van der Waals surface area contributed by atoms with Crippen molar-refractivity contribution in [2.75, 3.05) is 5.01 Å². The Morgan fingerprint density at radius 2 is 1.44 bits per heavy atom. The molecule has 0 aromatic heterocycles. The number of hydrazone groups is 1. The van der Waals surface area contributed by atoms with Gasteiger partial charge in [-0.2, -0.15) is 5.10 Å². The molecular formula is C15H15FN2. The van der Waals surface area contributed by atoms with Gasteiger partial charge in [0.15, 0.2) is 0 Å². The average Bonchev–Trinajstić information content (AvgIpc) is 2.38. The molecular weight excluding hydrogens is 227 g/mol. The minimum absolute atomic E-state index is 0.246. The predicted molar refractivity (Wildman–Crippen MR) is 73.8 cm³/mol. The molecule has 2 aromatic carbocycles. The van der Waals surface area contributed by atoms with Gasteiger partial charge in [-0.15, -0.1) is 0 Å². The van der Waals surface area contributed by atoms with Crippen molar-refractivity contribution in [2.45, 2.75) is 13.8 Å². The Kier molecular flexibility index (Phi) is 3.72. The van der Waals surface area contributed by atoms with E-state index in [1.165, 1.54) is 12.1 Å².